The van der Waals surface area contributed by atoms with Gasteiger partial charge in [0.2, 0.25) is 0 Å². The Morgan fingerprint density at radius 2 is 1.82 bits per heavy atom. The normalized spacial score (nSPS) is 8.82. The molecule has 0 spiro atoms. The molecule has 0 aliphatic rings. The molecule has 0 aliphatic heterocycles. The van der Waals surface area contributed by atoms with Crippen molar-refractivity contribution in [2.75, 3.05) is 0 Å². The molecule has 2 aromatic rings. The highest BCUT2D eigenvalue weighted by Gasteiger charge is 1.86. The molecule has 0 atom stereocenters. The average Bonchev–Trinajstić information content (AvgIpc) is 2.55. The van der Waals surface area contributed by atoms with E-state index < -0.39 is 0 Å². The number of hydrogen-bond donors (Lipinski definition) is 1. The third kappa shape index (κ3) is 1.61. The first kappa shape index (κ1) is 7.86. The zero-order chi connectivity index (χ0) is 8.10. The van der Waals surface area contributed by atoms with Crippen molar-refractivity contribution in [2.45, 2.75) is 0 Å². The highest BCUT2D eigenvalue weighted by Crippen LogP contribution is 2.09. The maximum Gasteiger partial charge on any atom is 0.314 e. The first-order valence-electron chi connectivity index (χ1n) is 3.37. The van der Waals surface area contributed by atoms with Crippen molar-refractivity contribution in [3.8, 4) is 0 Å². The molecule has 1 aromatic carbocycles. The van der Waals surface area contributed by atoms with Gasteiger partial charge < -0.3 is 9.30 Å². The smallest absolute Gasteiger partial charge is 0.314 e. The molecular formula is C8H9BFN. The number of aromatic nitrogens is 1. The van der Waals surface area contributed by atoms with E-state index in [1.165, 1.54) is 10.9 Å². The van der Waals surface area contributed by atoms with Gasteiger partial charge in [0.05, 0.1) is 0 Å². The second-order valence-corrected chi connectivity index (χ2v) is 2.06. The van der Waals surface area contributed by atoms with Gasteiger partial charge in [-0.1, -0.05) is 18.2 Å². The zero-order valence-corrected chi connectivity index (χ0v) is 6.34. The van der Waals surface area contributed by atoms with Crippen LogP contribution in [0.3, 0.4) is 0 Å². The molecule has 1 heterocycles. The summed E-state index contributed by atoms with van der Waals surface area (Å²) in [5.74, 6) is 0. The summed E-state index contributed by atoms with van der Waals surface area (Å²) in [5.41, 5.74) is 1.21. The summed E-state index contributed by atoms with van der Waals surface area (Å²) >= 11 is 0. The second-order valence-electron chi connectivity index (χ2n) is 2.06. The van der Waals surface area contributed by atoms with Crippen LogP contribution >= 0.6 is 0 Å². The van der Waals surface area contributed by atoms with Gasteiger partial charge in [-0.15, -0.1) is 0 Å². The first-order chi connectivity index (χ1) is 5.47. The third-order valence-electron chi connectivity index (χ3n) is 1.46. The summed E-state index contributed by atoms with van der Waals surface area (Å²) in [6, 6.07) is 10.3. The number of para-hydroxylation sites is 1. The highest BCUT2D eigenvalue weighted by molar-refractivity contribution is 5.96. The van der Waals surface area contributed by atoms with E-state index in [0.29, 0.717) is 8.12 Å². The average molecular weight is 149 g/mol. The van der Waals surface area contributed by atoms with Crippen LogP contribution in [0.25, 0.3) is 10.9 Å². The van der Waals surface area contributed by atoms with E-state index in [1.807, 2.05) is 18.3 Å². The van der Waals surface area contributed by atoms with Crippen molar-refractivity contribution in [1.82, 2.24) is 4.98 Å². The summed E-state index contributed by atoms with van der Waals surface area (Å²) in [5, 5.41) is 1.28. The molecule has 0 saturated carbocycles. The SMILES string of the molecule is BF.c1ccc2[nH]ccc2c1. The van der Waals surface area contributed by atoms with Gasteiger partial charge in [0.1, 0.15) is 0 Å². The van der Waals surface area contributed by atoms with Crippen molar-refractivity contribution >= 4 is 19.0 Å². The highest BCUT2D eigenvalue weighted by atomic mass is 19.1. The number of fused-ring (bicyclic) bond motifs is 1. The van der Waals surface area contributed by atoms with Crippen LogP contribution in [0, 0.1) is 0 Å². The molecule has 0 bridgehead atoms. The van der Waals surface area contributed by atoms with Crippen molar-refractivity contribution in [2.24, 2.45) is 0 Å². The molecule has 0 radical (unpaired) electrons. The molecule has 1 nitrogen and oxygen atoms in total. The van der Waals surface area contributed by atoms with Crippen LogP contribution in [0.1, 0.15) is 0 Å². The lowest BCUT2D eigenvalue weighted by atomic mass is 10.3. The van der Waals surface area contributed by atoms with Crippen molar-refractivity contribution in [3.63, 3.8) is 0 Å². The van der Waals surface area contributed by atoms with Crippen LogP contribution in [-0.2, 0) is 0 Å². The van der Waals surface area contributed by atoms with Crippen molar-refractivity contribution < 1.29 is 4.32 Å². The minimum absolute atomic E-state index is 0.500. The number of H-pyrrole nitrogens is 1. The lowest BCUT2D eigenvalue weighted by molar-refractivity contribution is 0.902. The zero-order valence-electron chi connectivity index (χ0n) is 6.34. The largest absolute Gasteiger partial charge is 0.361 e. The molecule has 0 amide bonds. The van der Waals surface area contributed by atoms with E-state index in [4.69, 9.17) is 0 Å². The quantitative estimate of drug-likeness (QED) is 0.548. The van der Waals surface area contributed by atoms with Gasteiger partial charge in [-0.25, -0.2) is 0 Å². The Kier molecular flexibility index (Phi) is 2.72. The predicted molar refractivity (Wildman–Crippen MR) is 48.0 cm³/mol. The molecule has 11 heavy (non-hydrogen) atoms. The van der Waals surface area contributed by atoms with Gasteiger partial charge in [-0.05, 0) is 17.5 Å². The van der Waals surface area contributed by atoms with Gasteiger partial charge in [0, 0.05) is 11.7 Å². The van der Waals surface area contributed by atoms with E-state index in [9.17, 15) is 4.32 Å². The molecule has 3 heteroatoms. The Hall–Kier alpha value is -1.25. The summed E-state index contributed by atoms with van der Waals surface area (Å²) < 4.78 is 9.50. The summed E-state index contributed by atoms with van der Waals surface area (Å²) in [6.45, 7) is 0. The molecule has 1 N–H and O–H groups in total. The third-order valence-corrected chi connectivity index (χ3v) is 1.46. The topological polar surface area (TPSA) is 15.8 Å². The lowest BCUT2D eigenvalue weighted by Gasteiger charge is -1.83. The molecule has 56 valence electrons. The van der Waals surface area contributed by atoms with Gasteiger partial charge in [0.15, 0.2) is 0 Å². The van der Waals surface area contributed by atoms with E-state index in [-0.39, 0.29) is 0 Å². The van der Waals surface area contributed by atoms with Gasteiger partial charge in [-0.3, -0.25) is 0 Å². The molecule has 2 rings (SSSR count). The number of nitrogens with one attached hydrogen (secondary N) is 1. The maximum absolute atomic E-state index is 9.50. The maximum atomic E-state index is 9.50. The predicted octanol–water partition coefficient (Wildman–Crippen LogP) is 1.67. The van der Waals surface area contributed by atoms with Gasteiger partial charge in [-0.2, -0.15) is 0 Å². The fraction of sp³-hybridized carbons (Fsp3) is 0. The minimum atomic E-state index is 0.500. The first-order valence-corrected chi connectivity index (χ1v) is 3.37. The number of rotatable bonds is 0. The van der Waals surface area contributed by atoms with E-state index >= 15 is 0 Å². The molecule has 1 aromatic heterocycles. The Morgan fingerprint density at radius 1 is 1.09 bits per heavy atom. The Bertz CT molecular complexity index is 288. The molecular weight excluding hydrogens is 140 g/mol. The number of halogens is 1. The molecule has 0 aliphatic carbocycles. The molecule has 0 saturated heterocycles. The Balaban J connectivity index is 0.000000281. The van der Waals surface area contributed by atoms with E-state index in [1.54, 1.807) is 0 Å². The summed E-state index contributed by atoms with van der Waals surface area (Å²) in [7, 11) is 0.500. The Morgan fingerprint density at radius 3 is 2.55 bits per heavy atom. The minimum Gasteiger partial charge on any atom is -0.361 e. The summed E-state index contributed by atoms with van der Waals surface area (Å²) in [6.07, 6.45) is 1.95. The second kappa shape index (κ2) is 3.81. The molecule has 0 fully saturated rings. The van der Waals surface area contributed by atoms with Gasteiger partial charge in [0.25, 0.3) is 0 Å². The number of benzene rings is 1. The monoisotopic (exact) mass is 149 g/mol. The van der Waals surface area contributed by atoms with Crippen molar-refractivity contribution in [1.29, 1.82) is 0 Å². The van der Waals surface area contributed by atoms with Crippen LogP contribution in [0.4, 0.5) is 4.32 Å². The fourth-order valence-electron chi connectivity index (χ4n) is 0.995. The Labute approximate surface area is 65.7 Å². The summed E-state index contributed by atoms with van der Waals surface area (Å²) in [4.78, 5) is 3.12. The molecule has 0 unspecified atom stereocenters. The van der Waals surface area contributed by atoms with Crippen LogP contribution in [0.5, 0.6) is 0 Å². The standard InChI is InChI=1S/C8H7N.BFH2/c1-2-4-8-7(3-1)5-6-9-8;1-2/h1-6,9H;1H2. The fourth-order valence-corrected chi connectivity index (χ4v) is 0.995. The van der Waals surface area contributed by atoms with Crippen LogP contribution in [0.2, 0.25) is 0 Å². The van der Waals surface area contributed by atoms with E-state index in [2.05, 4.69) is 23.2 Å². The van der Waals surface area contributed by atoms with Crippen LogP contribution in [-0.4, -0.2) is 13.1 Å². The van der Waals surface area contributed by atoms with Gasteiger partial charge >= 0.3 is 8.12 Å². The van der Waals surface area contributed by atoms with Crippen molar-refractivity contribution in [3.05, 3.63) is 36.5 Å². The number of aromatic amines is 1. The van der Waals surface area contributed by atoms with E-state index in [0.717, 1.165) is 0 Å². The van der Waals surface area contributed by atoms with Crippen LogP contribution < -0.4 is 0 Å². The lowest BCUT2D eigenvalue weighted by Crippen LogP contribution is -1.61. The number of hydrogen-bond acceptors (Lipinski definition) is 0. The van der Waals surface area contributed by atoms with Crippen LogP contribution in [0.15, 0.2) is 36.5 Å².